The Morgan fingerprint density at radius 1 is 1.41 bits per heavy atom. The van der Waals surface area contributed by atoms with Gasteiger partial charge in [-0.2, -0.15) is 8.78 Å². The van der Waals surface area contributed by atoms with Gasteiger partial charge in [0, 0.05) is 6.42 Å². The molecule has 2 rings (SSSR count). The van der Waals surface area contributed by atoms with E-state index in [9.17, 15) is 13.6 Å². The Morgan fingerprint density at radius 3 is 2.76 bits per heavy atom. The maximum Gasteiger partial charge on any atom is 0.305 e. The van der Waals surface area contributed by atoms with Crippen molar-refractivity contribution in [3.05, 3.63) is 30.1 Å². The number of para-hydroxylation sites is 2. The van der Waals surface area contributed by atoms with E-state index in [1.807, 2.05) is 0 Å². The monoisotopic (exact) mass is 240 g/mol. The molecule has 0 aliphatic rings. The largest absolute Gasteiger partial charge is 0.481 e. The number of carbonyl (C=O) groups is 1. The Hall–Kier alpha value is -1.98. The summed E-state index contributed by atoms with van der Waals surface area (Å²) in [4.78, 5) is 16.6. The predicted molar refractivity (Wildman–Crippen MR) is 56.9 cm³/mol. The Bertz CT molecular complexity index is 518. The van der Waals surface area contributed by atoms with Crippen LogP contribution in [-0.2, 0) is 10.7 Å². The topological polar surface area (TPSA) is 66.0 Å². The molecule has 0 saturated heterocycles. The molecule has 0 atom stereocenters. The molecule has 90 valence electrons. The third-order valence-corrected chi connectivity index (χ3v) is 2.39. The van der Waals surface area contributed by atoms with Crippen LogP contribution in [0.3, 0.4) is 0 Å². The van der Waals surface area contributed by atoms with Gasteiger partial charge in [0.25, 0.3) is 0 Å². The van der Waals surface area contributed by atoms with E-state index in [0.29, 0.717) is 11.0 Å². The number of nitrogens with zero attached hydrogens (tertiary/aromatic N) is 1. The van der Waals surface area contributed by atoms with Gasteiger partial charge in [-0.05, 0) is 12.1 Å². The van der Waals surface area contributed by atoms with Crippen molar-refractivity contribution in [2.45, 2.75) is 18.8 Å². The lowest BCUT2D eigenvalue weighted by molar-refractivity contribution is -0.139. The number of hydrogen-bond acceptors (Lipinski definition) is 2. The average molecular weight is 240 g/mol. The summed E-state index contributed by atoms with van der Waals surface area (Å²) in [5.74, 6) is -4.99. The number of rotatable bonds is 4. The molecule has 6 heteroatoms. The number of fused-ring (bicyclic) bond motifs is 1. The van der Waals surface area contributed by atoms with Crippen molar-refractivity contribution in [2.24, 2.45) is 0 Å². The van der Waals surface area contributed by atoms with Crippen LogP contribution in [0.2, 0.25) is 0 Å². The van der Waals surface area contributed by atoms with Crippen LogP contribution >= 0.6 is 0 Å². The molecule has 0 fully saturated rings. The Labute approximate surface area is 95.3 Å². The van der Waals surface area contributed by atoms with Crippen LogP contribution in [0, 0.1) is 0 Å². The number of aliphatic carboxylic acids is 1. The van der Waals surface area contributed by atoms with Crippen LogP contribution < -0.4 is 0 Å². The lowest BCUT2D eigenvalue weighted by Crippen LogP contribution is -2.17. The van der Waals surface area contributed by atoms with Gasteiger partial charge >= 0.3 is 11.9 Å². The van der Waals surface area contributed by atoms with Gasteiger partial charge in [-0.3, -0.25) is 4.79 Å². The van der Waals surface area contributed by atoms with Crippen molar-refractivity contribution in [3.63, 3.8) is 0 Å². The highest BCUT2D eigenvalue weighted by Gasteiger charge is 2.35. The molecular weight excluding hydrogens is 230 g/mol. The molecule has 0 amide bonds. The maximum absolute atomic E-state index is 13.6. The predicted octanol–water partition coefficient (Wildman–Crippen LogP) is 2.52. The number of aromatic nitrogens is 2. The number of aromatic amines is 1. The smallest absolute Gasteiger partial charge is 0.305 e. The summed E-state index contributed by atoms with van der Waals surface area (Å²) >= 11 is 0. The fourth-order valence-electron chi connectivity index (χ4n) is 1.51. The van der Waals surface area contributed by atoms with Gasteiger partial charge in [-0.15, -0.1) is 0 Å². The number of hydrogen-bond donors (Lipinski definition) is 2. The van der Waals surface area contributed by atoms with Crippen molar-refractivity contribution in [2.75, 3.05) is 0 Å². The number of imidazole rings is 1. The van der Waals surface area contributed by atoms with Crippen molar-refractivity contribution in [1.29, 1.82) is 0 Å². The fourth-order valence-corrected chi connectivity index (χ4v) is 1.51. The molecule has 17 heavy (non-hydrogen) atoms. The summed E-state index contributed by atoms with van der Waals surface area (Å²) < 4.78 is 27.2. The Balaban J connectivity index is 2.28. The molecule has 1 heterocycles. The average Bonchev–Trinajstić information content (AvgIpc) is 2.71. The minimum Gasteiger partial charge on any atom is -0.481 e. The van der Waals surface area contributed by atoms with Crippen molar-refractivity contribution < 1.29 is 18.7 Å². The molecule has 0 unspecified atom stereocenters. The third kappa shape index (κ3) is 2.41. The molecule has 0 aliphatic heterocycles. The van der Waals surface area contributed by atoms with Crippen LogP contribution in [0.15, 0.2) is 24.3 Å². The van der Waals surface area contributed by atoms with Crippen LogP contribution in [0.4, 0.5) is 8.78 Å². The van der Waals surface area contributed by atoms with Crippen molar-refractivity contribution in [3.8, 4) is 0 Å². The molecule has 0 saturated carbocycles. The van der Waals surface area contributed by atoms with E-state index in [1.165, 1.54) is 0 Å². The highest BCUT2D eigenvalue weighted by molar-refractivity contribution is 5.74. The zero-order chi connectivity index (χ0) is 12.5. The molecule has 0 bridgehead atoms. The summed E-state index contributed by atoms with van der Waals surface area (Å²) in [7, 11) is 0. The third-order valence-electron chi connectivity index (χ3n) is 2.39. The Kier molecular flexibility index (Phi) is 2.79. The number of carboxylic acids is 1. The van der Waals surface area contributed by atoms with Crippen molar-refractivity contribution in [1.82, 2.24) is 9.97 Å². The lowest BCUT2D eigenvalue weighted by Gasteiger charge is -2.11. The standard InChI is InChI=1S/C11H10F2N2O2/c12-11(13,6-5-9(16)17)10-14-7-3-1-2-4-8(7)15-10/h1-4H,5-6H2,(H,14,15)(H,16,17). The fraction of sp³-hybridized carbons (Fsp3) is 0.273. The molecule has 0 spiro atoms. The lowest BCUT2D eigenvalue weighted by atomic mass is 10.2. The van der Waals surface area contributed by atoms with E-state index in [1.54, 1.807) is 24.3 Å². The van der Waals surface area contributed by atoms with Gasteiger partial charge < -0.3 is 10.1 Å². The second-order valence-corrected chi connectivity index (χ2v) is 3.70. The molecule has 0 aliphatic carbocycles. The van der Waals surface area contributed by atoms with Gasteiger partial charge in [-0.1, -0.05) is 12.1 Å². The van der Waals surface area contributed by atoms with Gasteiger partial charge in [0.15, 0.2) is 5.82 Å². The summed E-state index contributed by atoms with van der Waals surface area (Å²) in [5, 5.41) is 8.40. The van der Waals surface area contributed by atoms with E-state index in [-0.39, 0.29) is 0 Å². The van der Waals surface area contributed by atoms with Crippen LogP contribution in [0.5, 0.6) is 0 Å². The number of halogens is 2. The first kappa shape index (κ1) is 11.5. The first-order valence-corrected chi connectivity index (χ1v) is 5.04. The van der Waals surface area contributed by atoms with Crippen LogP contribution in [-0.4, -0.2) is 21.0 Å². The highest BCUT2D eigenvalue weighted by atomic mass is 19.3. The van der Waals surface area contributed by atoms with Gasteiger partial charge in [0.2, 0.25) is 0 Å². The summed E-state index contributed by atoms with van der Waals surface area (Å²) in [6, 6.07) is 6.66. The molecule has 1 aromatic carbocycles. The number of H-pyrrole nitrogens is 1. The second kappa shape index (κ2) is 4.12. The molecule has 4 nitrogen and oxygen atoms in total. The minimum absolute atomic E-state index is 0.442. The molecule has 2 aromatic rings. The van der Waals surface area contributed by atoms with Crippen molar-refractivity contribution >= 4 is 17.0 Å². The zero-order valence-corrected chi connectivity index (χ0v) is 8.78. The Morgan fingerprint density at radius 2 is 2.12 bits per heavy atom. The molecular formula is C11H10F2N2O2. The van der Waals surface area contributed by atoms with E-state index < -0.39 is 30.6 Å². The minimum atomic E-state index is -3.25. The molecule has 0 radical (unpaired) electrons. The van der Waals surface area contributed by atoms with E-state index in [2.05, 4.69) is 9.97 Å². The number of benzene rings is 1. The SMILES string of the molecule is O=C(O)CCC(F)(F)c1nc2ccccc2[nH]1. The summed E-state index contributed by atoms with van der Waals surface area (Å²) in [5.41, 5.74) is 0.954. The summed E-state index contributed by atoms with van der Waals surface area (Å²) in [6.45, 7) is 0. The maximum atomic E-state index is 13.6. The van der Waals surface area contributed by atoms with E-state index in [0.717, 1.165) is 0 Å². The summed E-state index contributed by atoms with van der Waals surface area (Å²) in [6.07, 6.45) is -1.35. The van der Waals surface area contributed by atoms with E-state index >= 15 is 0 Å². The number of carboxylic acid groups (broad SMARTS) is 1. The van der Waals surface area contributed by atoms with Gasteiger partial charge in [0.05, 0.1) is 17.5 Å². The molecule has 2 N–H and O–H groups in total. The van der Waals surface area contributed by atoms with Gasteiger partial charge in [-0.25, -0.2) is 4.98 Å². The number of alkyl halides is 2. The molecule has 1 aromatic heterocycles. The van der Waals surface area contributed by atoms with Crippen LogP contribution in [0.25, 0.3) is 11.0 Å². The highest BCUT2D eigenvalue weighted by Crippen LogP contribution is 2.31. The zero-order valence-electron chi connectivity index (χ0n) is 8.78. The van der Waals surface area contributed by atoms with Gasteiger partial charge in [0.1, 0.15) is 0 Å². The first-order valence-electron chi connectivity index (χ1n) is 5.04. The normalized spacial score (nSPS) is 11.9. The van der Waals surface area contributed by atoms with E-state index in [4.69, 9.17) is 5.11 Å². The second-order valence-electron chi connectivity index (χ2n) is 3.70. The van der Waals surface area contributed by atoms with Crippen LogP contribution in [0.1, 0.15) is 18.7 Å². The number of nitrogens with one attached hydrogen (secondary N) is 1. The first-order chi connectivity index (χ1) is 7.99. The quantitative estimate of drug-likeness (QED) is 0.862.